The number of pyridine rings is 1. The van der Waals surface area contributed by atoms with Crippen LogP contribution in [0.2, 0.25) is 5.02 Å². The standard InChI is InChI=1S/C22H22ClN5O/c1-12-19-26-27-20(15-10-13(4-7-16(15)23)11-22(2,3)29)28(19)21-18(24-12)9-8-17(25-21)14-5-6-14/h4,7-10,14,29H,5-6,11H2,1-3H3. The number of benzene rings is 1. The molecule has 0 atom stereocenters. The van der Waals surface area contributed by atoms with E-state index in [1.807, 2.05) is 35.6 Å². The maximum absolute atomic E-state index is 10.2. The van der Waals surface area contributed by atoms with Gasteiger partial charge in [0.1, 0.15) is 5.52 Å². The minimum absolute atomic E-state index is 0.513. The third kappa shape index (κ3) is 3.36. The summed E-state index contributed by atoms with van der Waals surface area (Å²) in [7, 11) is 0. The Bertz CT molecular complexity index is 1250. The first-order valence-electron chi connectivity index (χ1n) is 9.84. The second kappa shape index (κ2) is 6.47. The zero-order chi connectivity index (χ0) is 20.3. The predicted octanol–water partition coefficient (Wildman–Crippen LogP) is 4.49. The topological polar surface area (TPSA) is 76.2 Å². The molecule has 5 rings (SSSR count). The molecule has 1 aliphatic rings. The molecular weight excluding hydrogens is 386 g/mol. The number of halogens is 1. The van der Waals surface area contributed by atoms with Crippen LogP contribution < -0.4 is 0 Å². The molecule has 0 bridgehead atoms. The van der Waals surface area contributed by atoms with E-state index in [2.05, 4.69) is 21.2 Å². The molecule has 1 saturated carbocycles. The van der Waals surface area contributed by atoms with Gasteiger partial charge in [-0.2, -0.15) is 0 Å². The molecule has 1 aromatic carbocycles. The zero-order valence-electron chi connectivity index (χ0n) is 16.6. The van der Waals surface area contributed by atoms with Crippen molar-refractivity contribution in [2.45, 2.75) is 51.6 Å². The second-order valence-corrected chi connectivity index (χ2v) is 8.94. The Morgan fingerprint density at radius 3 is 2.62 bits per heavy atom. The molecule has 148 valence electrons. The van der Waals surface area contributed by atoms with E-state index < -0.39 is 5.60 Å². The molecule has 1 fully saturated rings. The van der Waals surface area contributed by atoms with Crippen molar-refractivity contribution in [3.05, 3.63) is 52.3 Å². The smallest absolute Gasteiger partial charge is 0.184 e. The van der Waals surface area contributed by atoms with Gasteiger partial charge in [0.2, 0.25) is 0 Å². The van der Waals surface area contributed by atoms with Crippen LogP contribution in [0.25, 0.3) is 28.2 Å². The maximum atomic E-state index is 10.2. The van der Waals surface area contributed by atoms with Crippen LogP contribution in [0.1, 0.15) is 49.6 Å². The lowest BCUT2D eigenvalue weighted by molar-refractivity contribution is 0.0810. The highest BCUT2D eigenvalue weighted by Gasteiger charge is 2.26. The highest BCUT2D eigenvalue weighted by molar-refractivity contribution is 6.33. The molecule has 0 unspecified atom stereocenters. The lowest BCUT2D eigenvalue weighted by Crippen LogP contribution is -2.21. The summed E-state index contributed by atoms with van der Waals surface area (Å²) in [6.45, 7) is 5.51. The fraction of sp³-hybridized carbons (Fsp3) is 0.364. The third-order valence-corrected chi connectivity index (χ3v) is 5.60. The van der Waals surface area contributed by atoms with Gasteiger partial charge in [0, 0.05) is 23.6 Å². The number of hydrogen-bond donors (Lipinski definition) is 1. The van der Waals surface area contributed by atoms with Crippen LogP contribution in [0.4, 0.5) is 0 Å². The summed E-state index contributed by atoms with van der Waals surface area (Å²) in [6, 6.07) is 9.85. The van der Waals surface area contributed by atoms with E-state index in [4.69, 9.17) is 16.6 Å². The Kier molecular flexibility index (Phi) is 4.12. The van der Waals surface area contributed by atoms with Gasteiger partial charge >= 0.3 is 0 Å². The minimum Gasteiger partial charge on any atom is -0.390 e. The summed E-state index contributed by atoms with van der Waals surface area (Å²) in [5.41, 5.74) is 5.06. The van der Waals surface area contributed by atoms with Gasteiger partial charge in [0.15, 0.2) is 17.1 Å². The Balaban J connectivity index is 1.76. The molecule has 4 aromatic rings. The van der Waals surface area contributed by atoms with E-state index in [0.29, 0.717) is 28.8 Å². The van der Waals surface area contributed by atoms with Crippen molar-refractivity contribution in [3.63, 3.8) is 0 Å². The van der Waals surface area contributed by atoms with Gasteiger partial charge < -0.3 is 5.11 Å². The van der Waals surface area contributed by atoms with Gasteiger partial charge in [-0.25, -0.2) is 9.97 Å². The molecule has 1 N–H and O–H groups in total. The summed E-state index contributed by atoms with van der Waals surface area (Å²) in [5.74, 6) is 1.17. The first-order valence-corrected chi connectivity index (χ1v) is 10.2. The Labute approximate surface area is 173 Å². The van der Waals surface area contributed by atoms with E-state index in [0.717, 1.165) is 33.7 Å². The van der Waals surface area contributed by atoms with Crippen molar-refractivity contribution < 1.29 is 5.11 Å². The summed E-state index contributed by atoms with van der Waals surface area (Å²) >= 11 is 6.56. The van der Waals surface area contributed by atoms with Crippen LogP contribution in [0.5, 0.6) is 0 Å². The Morgan fingerprint density at radius 2 is 1.90 bits per heavy atom. The normalized spacial score (nSPS) is 14.8. The first kappa shape index (κ1) is 18.5. The number of rotatable bonds is 4. The van der Waals surface area contributed by atoms with Crippen molar-refractivity contribution >= 4 is 28.4 Å². The van der Waals surface area contributed by atoms with Crippen molar-refractivity contribution in [3.8, 4) is 11.4 Å². The van der Waals surface area contributed by atoms with E-state index in [1.165, 1.54) is 12.8 Å². The van der Waals surface area contributed by atoms with Gasteiger partial charge in [-0.1, -0.05) is 17.7 Å². The molecule has 1 aliphatic carbocycles. The molecule has 0 aliphatic heterocycles. The zero-order valence-corrected chi connectivity index (χ0v) is 17.4. The molecule has 3 heterocycles. The molecule has 0 saturated heterocycles. The average Bonchev–Trinajstić information content (AvgIpc) is 3.40. The molecule has 7 heteroatoms. The fourth-order valence-corrected chi connectivity index (χ4v) is 3.99. The van der Waals surface area contributed by atoms with Crippen LogP contribution in [0, 0.1) is 6.92 Å². The van der Waals surface area contributed by atoms with Gasteiger partial charge in [-0.05, 0) is 63.4 Å². The molecule has 0 amide bonds. The first-order chi connectivity index (χ1) is 13.8. The largest absolute Gasteiger partial charge is 0.390 e. The van der Waals surface area contributed by atoms with E-state index in [-0.39, 0.29) is 0 Å². The van der Waals surface area contributed by atoms with Crippen LogP contribution in [0.3, 0.4) is 0 Å². The van der Waals surface area contributed by atoms with Crippen LogP contribution in [-0.4, -0.2) is 35.3 Å². The van der Waals surface area contributed by atoms with Crippen molar-refractivity contribution in [2.75, 3.05) is 0 Å². The number of nitrogens with zero attached hydrogens (tertiary/aromatic N) is 5. The van der Waals surface area contributed by atoms with Gasteiger partial charge in [0.25, 0.3) is 0 Å². The molecule has 3 aromatic heterocycles. The monoisotopic (exact) mass is 407 g/mol. The predicted molar refractivity (Wildman–Crippen MR) is 113 cm³/mol. The summed E-state index contributed by atoms with van der Waals surface area (Å²) in [5, 5.41) is 19.6. The Hall–Kier alpha value is -2.57. The van der Waals surface area contributed by atoms with Gasteiger partial charge in [0.05, 0.1) is 16.3 Å². The van der Waals surface area contributed by atoms with Crippen LogP contribution in [0.15, 0.2) is 30.3 Å². The molecule has 6 nitrogen and oxygen atoms in total. The number of aromatic nitrogens is 5. The summed E-state index contributed by atoms with van der Waals surface area (Å²) in [4.78, 5) is 9.58. The number of fused-ring (bicyclic) bond motifs is 3. The van der Waals surface area contributed by atoms with Crippen LogP contribution in [-0.2, 0) is 6.42 Å². The van der Waals surface area contributed by atoms with E-state index in [9.17, 15) is 5.11 Å². The molecule has 0 radical (unpaired) electrons. The lowest BCUT2D eigenvalue weighted by atomic mass is 9.97. The van der Waals surface area contributed by atoms with Gasteiger partial charge in [-0.15, -0.1) is 10.2 Å². The fourth-order valence-electron chi connectivity index (χ4n) is 3.79. The number of aliphatic hydroxyl groups is 1. The van der Waals surface area contributed by atoms with Crippen molar-refractivity contribution in [1.82, 2.24) is 24.6 Å². The van der Waals surface area contributed by atoms with Crippen molar-refractivity contribution in [1.29, 1.82) is 0 Å². The summed E-state index contributed by atoms with van der Waals surface area (Å²) in [6.07, 6.45) is 2.88. The molecule has 0 spiro atoms. The minimum atomic E-state index is -0.814. The second-order valence-electron chi connectivity index (χ2n) is 8.54. The van der Waals surface area contributed by atoms with E-state index >= 15 is 0 Å². The lowest BCUT2D eigenvalue weighted by Gasteiger charge is -2.17. The Morgan fingerprint density at radius 1 is 1.10 bits per heavy atom. The van der Waals surface area contributed by atoms with Crippen molar-refractivity contribution in [2.24, 2.45) is 0 Å². The SMILES string of the molecule is Cc1nc2ccc(C3CC3)nc2n2c(-c3cc(CC(C)(C)O)ccc3Cl)nnc12. The quantitative estimate of drug-likeness (QED) is 0.539. The van der Waals surface area contributed by atoms with E-state index in [1.54, 1.807) is 13.8 Å². The number of aryl methyl sites for hydroxylation is 1. The molecule has 29 heavy (non-hydrogen) atoms. The average molecular weight is 408 g/mol. The number of hydrogen-bond acceptors (Lipinski definition) is 5. The highest BCUT2D eigenvalue weighted by atomic mass is 35.5. The third-order valence-electron chi connectivity index (χ3n) is 5.27. The van der Waals surface area contributed by atoms with Crippen LogP contribution >= 0.6 is 11.6 Å². The highest BCUT2D eigenvalue weighted by Crippen LogP contribution is 2.39. The summed E-state index contributed by atoms with van der Waals surface area (Å²) < 4.78 is 1.96. The van der Waals surface area contributed by atoms with Gasteiger partial charge in [-0.3, -0.25) is 4.40 Å². The molecular formula is C22H22ClN5O. The maximum Gasteiger partial charge on any atom is 0.184 e.